The van der Waals surface area contributed by atoms with E-state index >= 15 is 0 Å². The number of aromatic nitrogens is 3. The molecule has 3 aromatic rings. The van der Waals surface area contributed by atoms with E-state index in [9.17, 15) is 13.2 Å². The van der Waals surface area contributed by atoms with Crippen molar-refractivity contribution >= 4 is 0 Å². The predicted molar refractivity (Wildman–Crippen MR) is 80.1 cm³/mol. The van der Waals surface area contributed by atoms with Crippen LogP contribution in [0.2, 0.25) is 0 Å². The largest absolute Gasteiger partial charge is 0.433 e. The van der Waals surface area contributed by atoms with Crippen LogP contribution in [0.5, 0.6) is 0 Å². The first-order valence-corrected chi connectivity index (χ1v) is 6.86. The maximum absolute atomic E-state index is 13.3. The number of rotatable bonds is 3. The number of halogens is 3. The number of nitrogens with one attached hydrogen (secondary N) is 1. The number of hydrogen-bond donors (Lipinski definition) is 2. The van der Waals surface area contributed by atoms with E-state index in [1.165, 1.54) is 24.5 Å². The van der Waals surface area contributed by atoms with E-state index in [-0.39, 0.29) is 11.3 Å². The zero-order chi connectivity index (χ0) is 16.4. The summed E-state index contributed by atoms with van der Waals surface area (Å²) in [6, 6.07) is 10.1. The molecule has 0 bridgehead atoms. The fourth-order valence-corrected chi connectivity index (χ4v) is 2.40. The second-order valence-electron chi connectivity index (χ2n) is 4.96. The van der Waals surface area contributed by atoms with Gasteiger partial charge in [0.2, 0.25) is 0 Å². The van der Waals surface area contributed by atoms with Gasteiger partial charge in [0.1, 0.15) is 11.4 Å². The number of aromatic amines is 1. The van der Waals surface area contributed by atoms with Crippen LogP contribution in [0, 0.1) is 0 Å². The van der Waals surface area contributed by atoms with Crippen molar-refractivity contribution in [3.8, 4) is 22.4 Å². The summed E-state index contributed by atoms with van der Waals surface area (Å²) in [6.07, 6.45) is -1.64. The fourth-order valence-electron chi connectivity index (χ4n) is 2.40. The molecule has 0 saturated carbocycles. The molecule has 4 nitrogen and oxygen atoms in total. The lowest BCUT2D eigenvalue weighted by Crippen LogP contribution is -2.07. The van der Waals surface area contributed by atoms with Crippen molar-refractivity contribution in [2.75, 3.05) is 0 Å². The zero-order valence-electron chi connectivity index (χ0n) is 11.9. The summed E-state index contributed by atoms with van der Waals surface area (Å²) in [5, 5.41) is 6.02. The Morgan fingerprint density at radius 3 is 2.43 bits per heavy atom. The Balaban J connectivity index is 2.24. The molecule has 0 radical (unpaired) electrons. The Morgan fingerprint density at radius 1 is 1.04 bits per heavy atom. The minimum absolute atomic E-state index is 0.00840. The molecule has 0 amide bonds. The smallest absolute Gasteiger partial charge is 0.326 e. The standard InChI is InChI=1S/C16H13F3N4/c17-16(18,19)15-13(11-4-6-21-7-5-11)14(22-23-15)12-3-1-2-10(8-12)9-20/h1-8H,9,20H2,(H,22,23). The Morgan fingerprint density at radius 2 is 1.78 bits per heavy atom. The Hall–Kier alpha value is -2.67. The summed E-state index contributed by atoms with van der Waals surface area (Å²) in [7, 11) is 0. The second kappa shape index (κ2) is 5.85. The highest BCUT2D eigenvalue weighted by Crippen LogP contribution is 2.40. The van der Waals surface area contributed by atoms with Crippen LogP contribution in [0.3, 0.4) is 0 Å². The van der Waals surface area contributed by atoms with Gasteiger partial charge in [-0.15, -0.1) is 0 Å². The molecular weight excluding hydrogens is 305 g/mol. The van der Waals surface area contributed by atoms with Crippen LogP contribution in [0.1, 0.15) is 11.3 Å². The SMILES string of the molecule is NCc1cccc(-c2n[nH]c(C(F)(F)F)c2-c2ccncc2)c1. The summed E-state index contributed by atoms with van der Waals surface area (Å²) in [6.45, 7) is 0.301. The van der Waals surface area contributed by atoms with Crippen LogP contribution >= 0.6 is 0 Å². The van der Waals surface area contributed by atoms with Gasteiger partial charge in [-0.3, -0.25) is 10.1 Å². The highest BCUT2D eigenvalue weighted by molar-refractivity contribution is 5.83. The van der Waals surface area contributed by atoms with Crippen molar-refractivity contribution < 1.29 is 13.2 Å². The molecular formula is C16H13F3N4. The molecule has 0 unspecified atom stereocenters. The van der Waals surface area contributed by atoms with Crippen LogP contribution in [0.4, 0.5) is 13.2 Å². The lowest BCUT2D eigenvalue weighted by Gasteiger charge is -2.09. The summed E-state index contributed by atoms with van der Waals surface area (Å²) in [5.41, 5.74) is 6.76. The van der Waals surface area contributed by atoms with Crippen LogP contribution < -0.4 is 5.73 Å². The van der Waals surface area contributed by atoms with Crippen molar-refractivity contribution in [1.82, 2.24) is 15.2 Å². The molecule has 3 rings (SSSR count). The number of pyridine rings is 1. The molecule has 0 saturated heterocycles. The van der Waals surface area contributed by atoms with Crippen LogP contribution in [-0.4, -0.2) is 15.2 Å². The molecule has 3 N–H and O–H groups in total. The number of nitrogens with zero attached hydrogens (tertiary/aromatic N) is 2. The number of alkyl halides is 3. The normalized spacial score (nSPS) is 11.7. The van der Waals surface area contributed by atoms with Crippen molar-refractivity contribution in [2.24, 2.45) is 5.73 Å². The van der Waals surface area contributed by atoms with E-state index in [0.717, 1.165) is 5.56 Å². The first-order chi connectivity index (χ1) is 11.0. The van der Waals surface area contributed by atoms with E-state index in [0.29, 0.717) is 17.7 Å². The van der Waals surface area contributed by atoms with E-state index in [2.05, 4.69) is 15.2 Å². The van der Waals surface area contributed by atoms with Crippen molar-refractivity contribution in [3.05, 3.63) is 60.0 Å². The molecule has 0 aliphatic heterocycles. The molecule has 1 aromatic carbocycles. The van der Waals surface area contributed by atoms with Crippen LogP contribution in [-0.2, 0) is 12.7 Å². The first-order valence-electron chi connectivity index (χ1n) is 6.86. The van der Waals surface area contributed by atoms with Gasteiger partial charge in [0.05, 0.1) is 0 Å². The second-order valence-corrected chi connectivity index (χ2v) is 4.96. The van der Waals surface area contributed by atoms with Crippen LogP contribution in [0.15, 0.2) is 48.8 Å². The van der Waals surface area contributed by atoms with E-state index in [1.54, 1.807) is 18.2 Å². The van der Waals surface area contributed by atoms with Gasteiger partial charge in [0, 0.05) is 30.1 Å². The number of H-pyrrole nitrogens is 1. The van der Waals surface area contributed by atoms with E-state index < -0.39 is 11.9 Å². The van der Waals surface area contributed by atoms with Gasteiger partial charge in [0.15, 0.2) is 0 Å². The quantitative estimate of drug-likeness (QED) is 0.775. The third-order valence-corrected chi connectivity index (χ3v) is 3.45. The molecule has 2 heterocycles. The van der Waals surface area contributed by atoms with Gasteiger partial charge in [-0.1, -0.05) is 18.2 Å². The first kappa shape index (κ1) is 15.2. The summed E-state index contributed by atoms with van der Waals surface area (Å²) >= 11 is 0. The molecule has 7 heteroatoms. The maximum atomic E-state index is 13.3. The third-order valence-electron chi connectivity index (χ3n) is 3.45. The fraction of sp³-hybridized carbons (Fsp3) is 0.125. The molecule has 118 valence electrons. The topological polar surface area (TPSA) is 67.6 Å². The van der Waals surface area contributed by atoms with E-state index in [4.69, 9.17) is 5.73 Å². The lowest BCUT2D eigenvalue weighted by atomic mass is 9.98. The Bertz CT molecular complexity index is 810. The highest BCUT2D eigenvalue weighted by atomic mass is 19.4. The lowest BCUT2D eigenvalue weighted by molar-refractivity contribution is -0.140. The molecule has 2 aromatic heterocycles. The Labute approximate surface area is 130 Å². The number of hydrogen-bond acceptors (Lipinski definition) is 3. The van der Waals surface area contributed by atoms with Crippen molar-refractivity contribution in [3.63, 3.8) is 0 Å². The van der Waals surface area contributed by atoms with Crippen LogP contribution in [0.25, 0.3) is 22.4 Å². The zero-order valence-corrected chi connectivity index (χ0v) is 11.9. The number of benzene rings is 1. The van der Waals surface area contributed by atoms with Gasteiger partial charge >= 0.3 is 6.18 Å². The molecule has 0 aliphatic rings. The molecule has 0 aliphatic carbocycles. The monoisotopic (exact) mass is 318 g/mol. The average Bonchev–Trinajstić information content (AvgIpc) is 3.01. The maximum Gasteiger partial charge on any atom is 0.433 e. The number of nitrogens with two attached hydrogens (primary N) is 1. The molecule has 0 fully saturated rings. The summed E-state index contributed by atoms with van der Waals surface area (Å²) in [5.74, 6) is 0. The molecule has 0 atom stereocenters. The van der Waals surface area contributed by atoms with Gasteiger partial charge in [-0.05, 0) is 29.3 Å². The highest BCUT2D eigenvalue weighted by Gasteiger charge is 2.37. The Kier molecular flexibility index (Phi) is 3.87. The molecule has 23 heavy (non-hydrogen) atoms. The van der Waals surface area contributed by atoms with Gasteiger partial charge in [0.25, 0.3) is 0 Å². The summed E-state index contributed by atoms with van der Waals surface area (Å²) < 4.78 is 39.9. The summed E-state index contributed by atoms with van der Waals surface area (Å²) in [4.78, 5) is 3.85. The minimum Gasteiger partial charge on any atom is -0.326 e. The predicted octanol–water partition coefficient (Wildman–Crippen LogP) is 3.62. The van der Waals surface area contributed by atoms with Crippen molar-refractivity contribution in [2.45, 2.75) is 12.7 Å². The van der Waals surface area contributed by atoms with E-state index in [1.807, 2.05) is 6.07 Å². The van der Waals surface area contributed by atoms with Gasteiger partial charge in [-0.2, -0.15) is 18.3 Å². The van der Waals surface area contributed by atoms with Gasteiger partial charge in [-0.25, -0.2) is 0 Å². The van der Waals surface area contributed by atoms with Gasteiger partial charge < -0.3 is 5.73 Å². The third kappa shape index (κ3) is 2.95. The minimum atomic E-state index is -4.53. The average molecular weight is 318 g/mol. The van der Waals surface area contributed by atoms with Crippen molar-refractivity contribution in [1.29, 1.82) is 0 Å². The molecule has 0 spiro atoms.